The van der Waals surface area contributed by atoms with Crippen molar-refractivity contribution in [2.24, 2.45) is 5.73 Å². The maximum atomic E-state index is 9.25. The minimum absolute atomic E-state index is 0.0296. The van der Waals surface area contributed by atoms with Gasteiger partial charge in [0, 0.05) is 11.3 Å². The van der Waals surface area contributed by atoms with E-state index in [9.17, 15) is 5.11 Å². The lowest BCUT2D eigenvalue weighted by molar-refractivity contribution is 0.178. The van der Waals surface area contributed by atoms with Gasteiger partial charge in [0.25, 0.3) is 0 Å². The maximum Gasteiger partial charge on any atom is 0.133 e. The van der Waals surface area contributed by atoms with Gasteiger partial charge in [0.2, 0.25) is 0 Å². The molecule has 1 atom stereocenters. The van der Waals surface area contributed by atoms with Crippen LogP contribution < -0.4 is 5.73 Å². The van der Waals surface area contributed by atoms with Crippen molar-refractivity contribution < 1.29 is 5.11 Å². The highest BCUT2D eigenvalue weighted by molar-refractivity contribution is 9.10. The highest BCUT2D eigenvalue weighted by Gasteiger charge is 2.35. The van der Waals surface area contributed by atoms with Crippen LogP contribution in [0.2, 0.25) is 0 Å². The fourth-order valence-electron chi connectivity index (χ4n) is 1.90. The number of nitrogens with zero attached hydrogens (tertiary/aromatic N) is 1. The second kappa shape index (κ2) is 3.08. The van der Waals surface area contributed by atoms with Crippen molar-refractivity contribution >= 4 is 15.9 Å². The minimum atomic E-state index is -0.612. The Hall–Kier alpha value is -0.390. The molecular formula is C8H12BrN3O. The van der Waals surface area contributed by atoms with Crippen LogP contribution in [-0.2, 0) is 12.0 Å². The van der Waals surface area contributed by atoms with Gasteiger partial charge in [0.1, 0.15) is 4.60 Å². The molecule has 1 aliphatic rings. The lowest BCUT2D eigenvalue weighted by atomic mass is 9.81. The van der Waals surface area contributed by atoms with E-state index in [4.69, 9.17) is 5.73 Å². The molecule has 13 heavy (non-hydrogen) atoms. The summed E-state index contributed by atoms with van der Waals surface area (Å²) in [7, 11) is 0. The summed E-state index contributed by atoms with van der Waals surface area (Å²) in [5, 5.41) is 16.2. The van der Waals surface area contributed by atoms with E-state index < -0.39 is 5.54 Å². The van der Waals surface area contributed by atoms with Gasteiger partial charge in [-0.25, -0.2) is 0 Å². The Morgan fingerprint density at radius 2 is 2.46 bits per heavy atom. The van der Waals surface area contributed by atoms with E-state index in [1.54, 1.807) is 0 Å². The normalized spacial score (nSPS) is 27.3. The number of H-pyrrole nitrogens is 1. The first-order chi connectivity index (χ1) is 6.17. The summed E-state index contributed by atoms with van der Waals surface area (Å²) >= 11 is 3.33. The highest BCUT2D eigenvalue weighted by Crippen LogP contribution is 2.36. The number of aromatic nitrogens is 2. The SMILES string of the molecule is NC1(CO)CCCc2[nH]nc(Br)c21. The first-order valence-corrected chi connectivity index (χ1v) is 5.09. The second-order valence-corrected chi connectivity index (χ2v) is 4.29. The van der Waals surface area contributed by atoms with Crippen LogP contribution in [0.5, 0.6) is 0 Å². The average Bonchev–Trinajstić information content (AvgIpc) is 2.50. The number of aryl methyl sites for hydroxylation is 1. The van der Waals surface area contributed by atoms with E-state index in [0.29, 0.717) is 0 Å². The standard InChI is InChI=1S/C8H12BrN3O/c9-7-6-5(11-12-7)2-1-3-8(6,10)4-13/h13H,1-4,10H2,(H,11,12). The van der Waals surface area contributed by atoms with Gasteiger partial charge in [-0.1, -0.05) is 0 Å². The van der Waals surface area contributed by atoms with Crippen molar-refractivity contribution in [3.8, 4) is 0 Å². The first-order valence-electron chi connectivity index (χ1n) is 4.30. The van der Waals surface area contributed by atoms with Crippen LogP contribution >= 0.6 is 15.9 Å². The number of nitrogens with two attached hydrogens (primary N) is 1. The average molecular weight is 246 g/mol. The number of aliphatic hydroxyl groups is 1. The molecule has 0 saturated heterocycles. The molecule has 1 unspecified atom stereocenters. The molecule has 0 fully saturated rings. The predicted octanol–water partition coefficient (Wildman–Crippen LogP) is 0.655. The van der Waals surface area contributed by atoms with Crippen LogP contribution in [0.15, 0.2) is 4.60 Å². The Bertz CT molecular complexity index is 325. The van der Waals surface area contributed by atoms with Crippen LogP contribution in [-0.4, -0.2) is 21.9 Å². The summed E-state index contributed by atoms with van der Waals surface area (Å²) in [5.41, 5.74) is 7.46. The molecule has 72 valence electrons. The molecule has 4 N–H and O–H groups in total. The van der Waals surface area contributed by atoms with Crippen LogP contribution in [0.25, 0.3) is 0 Å². The molecule has 0 spiro atoms. The molecule has 5 heteroatoms. The maximum absolute atomic E-state index is 9.25. The summed E-state index contributed by atoms with van der Waals surface area (Å²) in [5.74, 6) is 0. The van der Waals surface area contributed by atoms with Gasteiger partial charge >= 0.3 is 0 Å². The molecule has 1 aliphatic carbocycles. The fourth-order valence-corrected chi connectivity index (χ4v) is 2.63. The third-order valence-corrected chi connectivity index (χ3v) is 3.20. The smallest absolute Gasteiger partial charge is 0.133 e. The zero-order valence-corrected chi connectivity index (χ0v) is 8.76. The van der Waals surface area contributed by atoms with Gasteiger partial charge < -0.3 is 10.8 Å². The molecular weight excluding hydrogens is 234 g/mol. The molecule has 0 bridgehead atoms. The summed E-state index contributed by atoms with van der Waals surface area (Å²) in [6, 6.07) is 0. The predicted molar refractivity (Wildman–Crippen MR) is 52.2 cm³/mol. The molecule has 1 aromatic heterocycles. The highest BCUT2D eigenvalue weighted by atomic mass is 79.9. The van der Waals surface area contributed by atoms with Crippen molar-refractivity contribution in [1.82, 2.24) is 10.2 Å². The van der Waals surface area contributed by atoms with Crippen LogP contribution in [0.1, 0.15) is 24.1 Å². The number of aromatic amines is 1. The number of rotatable bonds is 1. The summed E-state index contributed by atoms with van der Waals surface area (Å²) in [6.45, 7) is -0.0296. The van der Waals surface area contributed by atoms with Gasteiger partial charge in [-0.2, -0.15) is 5.10 Å². The van der Waals surface area contributed by atoms with Crippen LogP contribution in [0, 0.1) is 0 Å². The zero-order valence-electron chi connectivity index (χ0n) is 7.18. The topological polar surface area (TPSA) is 74.9 Å². The van der Waals surface area contributed by atoms with Gasteiger partial charge in [0.15, 0.2) is 0 Å². The number of aliphatic hydroxyl groups excluding tert-OH is 1. The van der Waals surface area contributed by atoms with Crippen molar-refractivity contribution in [1.29, 1.82) is 0 Å². The largest absolute Gasteiger partial charge is 0.394 e. The Balaban J connectivity index is 2.52. The molecule has 0 aromatic carbocycles. The van der Waals surface area contributed by atoms with E-state index in [2.05, 4.69) is 26.1 Å². The van der Waals surface area contributed by atoms with Gasteiger partial charge in [0.05, 0.1) is 12.1 Å². The third-order valence-electron chi connectivity index (χ3n) is 2.63. The van der Waals surface area contributed by atoms with E-state index in [0.717, 1.165) is 35.1 Å². The van der Waals surface area contributed by atoms with Crippen LogP contribution in [0.4, 0.5) is 0 Å². The van der Waals surface area contributed by atoms with Gasteiger partial charge in [-0.15, -0.1) is 0 Å². The van der Waals surface area contributed by atoms with Crippen LogP contribution in [0.3, 0.4) is 0 Å². The molecule has 0 radical (unpaired) electrons. The number of hydrogen-bond donors (Lipinski definition) is 3. The second-order valence-electron chi connectivity index (χ2n) is 3.54. The Kier molecular flexibility index (Phi) is 2.17. The number of halogens is 1. The van der Waals surface area contributed by atoms with Crippen molar-refractivity contribution in [2.45, 2.75) is 24.8 Å². The number of nitrogens with one attached hydrogen (secondary N) is 1. The van der Waals surface area contributed by atoms with E-state index in [-0.39, 0.29) is 6.61 Å². The quantitative estimate of drug-likeness (QED) is 0.681. The molecule has 0 amide bonds. The molecule has 1 aromatic rings. The summed E-state index contributed by atoms with van der Waals surface area (Å²) in [4.78, 5) is 0. The monoisotopic (exact) mass is 245 g/mol. The number of hydrogen-bond acceptors (Lipinski definition) is 3. The summed E-state index contributed by atoms with van der Waals surface area (Å²) < 4.78 is 0.735. The fraction of sp³-hybridized carbons (Fsp3) is 0.625. The lowest BCUT2D eigenvalue weighted by Crippen LogP contribution is -2.43. The Morgan fingerprint density at radius 1 is 1.69 bits per heavy atom. The molecule has 1 heterocycles. The molecule has 0 aliphatic heterocycles. The molecule has 4 nitrogen and oxygen atoms in total. The molecule has 0 saturated carbocycles. The third kappa shape index (κ3) is 1.31. The first kappa shape index (κ1) is 9.18. The van der Waals surface area contributed by atoms with E-state index >= 15 is 0 Å². The summed E-state index contributed by atoms with van der Waals surface area (Å²) in [6.07, 6.45) is 2.78. The van der Waals surface area contributed by atoms with E-state index in [1.807, 2.05) is 0 Å². The number of fused-ring (bicyclic) bond motifs is 1. The lowest BCUT2D eigenvalue weighted by Gasteiger charge is -2.31. The van der Waals surface area contributed by atoms with Gasteiger partial charge in [-0.05, 0) is 35.2 Å². The molecule has 2 rings (SSSR count). The zero-order chi connectivity index (χ0) is 9.47. The van der Waals surface area contributed by atoms with Crippen molar-refractivity contribution in [3.05, 3.63) is 15.9 Å². The minimum Gasteiger partial charge on any atom is -0.394 e. The Morgan fingerprint density at radius 3 is 3.15 bits per heavy atom. The van der Waals surface area contributed by atoms with E-state index in [1.165, 1.54) is 0 Å². The van der Waals surface area contributed by atoms with Crippen molar-refractivity contribution in [3.63, 3.8) is 0 Å². The Labute approximate surface area is 84.6 Å². The van der Waals surface area contributed by atoms with Gasteiger partial charge in [-0.3, -0.25) is 5.10 Å². The van der Waals surface area contributed by atoms with Crippen molar-refractivity contribution in [2.75, 3.05) is 6.61 Å².